The number of anilines is 1. The Hall–Kier alpha value is -2.28. The van der Waals surface area contributed by atoms with E-state index in [0.29, 0.717) is 35.5 Å². The fourth-order valence-corrected chi connectivity index (χ4v) is 3.03. The number of nitrogens with zero attached hydrogens (tertiary/aromatic N) is 3. The second-order valence-corrected chi connectivity index (χ2v) is 6.25. The Labute approximate surface area is 145 Å². The number of methoxy groups -OCH3 is 1. The Bertz CT molecular complexity index is 725. The lowest BCUT2D eigenvalue weighted by molar-refractivity contribution is 0.193. The fourth-order valence-electron chi connectivity index (χ4n) is 2.86. The summed E-state index contributed by atoms with van der Waals surface area (Å²) < 4.78 is 5.25. The number of hydrogen-bond acceptors (Lipinski definition) is 4. The molecule has 0 saturated carbocycles. The van der Waals surface area contributed by atoms with Gasteiger partial charge in [-0.05, 0) is 38.0 Å². The maximum absolute atomic E-state index is 12.5. The standard InChI is InChI=1S/C16H20ClN5O2/c1-10-18-15(21-20-10)11-5-7-22(8-6-11)16(23)19-13-9-12(17)3-4-14(13)24-2/h3-4,9,11H,5-8H2,1-2H3,(H,19,23)(H,18,20,21). The van der Waals surface area contributed by atoms with Crippen LogP contribution < -0.4 is 10.1 Å². The number of rotatable bonds is 3. The van der Waals surface area contributed by atoms with Crippen molar-refractivity contribution in [3.63, 3.8) is 0 Å². The summed E-state index contributed by atoms with van der Waals surface area (Å²) in [4.78, 5) is 18.6. The second kappa shape index (κ2) is 7.09. The van der Waals surface area contributed by atoms with Gasteiger partial charge in [-0.1, -0.05) is 11.6 Å². The molecule has 128 valence electrons. The second-order valence-electron chi connectivity index (χ2n) is 5.82. The molecule has 0 bridgehead atoms. The maximum Gasteiger partial charge on any atom is 0.321 e. The molecular weight excluding hydrogens is 330 g/mol. The number of halogens is 1. The van der Waals surface area contributed by atoms with E-state index in [9.17, 15) is 4.79 Å². The molecule has 8 heteroatoms. The number of nitrogens with one attached hydrogen (secondary N) is 2. The minimum Gasteiger partial charge on any atom is -0.495 e. The van der Waals surface area contributed by atoms with Gasteiger partial charge in [0.25, 0.3) is 0 Å². The molecule has 2 aromatic rings. The van der Waals surface area contributed by atoms with Gasteiger partial charge in [-0.25, -0.2) is 9.78 Å². The molecule has 0 spiro atoms. The Morgan fingerprint density at radius 2 is 2.17 bits per heavy atom. The molecule has 1 aliphatic heterocycles. The van der Waals surface area contributed by atoms with Crippen LogP contribution in [0.5, 0.6) is 5.75 Å². The van der Waals surface area contributed by atoms with Gasteiger partial charge in [0.05, 0.1) is 12.8 Å². The summed E-state index contributed by atoms with van der Waals surface area (Å²) in [6.07, 6.45) is 1.69. The maximum atomic E-state index is 12.5. The molecule has 0 aliphatic carbocycles. The lowest BCUT2D eigenvalue weighted by atomic mass is 9.96. The monoisotopic (exact) mass is 349 g/mol. The largest absolute Gasteiger partial charge is 0.495 e. The van der Waals surface area contributed by atoms with Crippen LogP contribution >= 0.6 is 11.6 Å². The van der Waals surface area contributed by atoms with Crippen LogP contribution in [0.3, 0.4) is 0 Å². The van der Waals surface area contributed by atoms with Gasteiger partial charge in [0.1, 0.15) is 11.6 Å². The molecule has 1 fully saturated rings. The Morgan fingerprint density at radius 3 is 2.79 bits per heavy atom. The first kappa shape index (κ1) is 16.6. The molecule has 2 N–H and O–H groups in total. The van der Waals surface area contributed by atoms with Crippen LogP contribution in [0.25, 0.3) is 0 Å². The summed E-state index contributed by atoms with van der Waals surface area (Å²) in [5.41, 5.74) is 0.571. The van der Waals surface area contributed by atoms with Gasteiger partial charge >= 0.3 is 6.03 Å². The highest BCUT2D eigenvalue weighted by Crippen LogP contribution is 2.29. The molecule has 1 aromatic carbocycles. The molecule has 7 nitrogen and oxygen atoms in total. The molecule has 1 saturated heterocycles. The Morgan fingerprint density at radius 1 is 1.42 bits per heavy atom. The zero-order chi connectivity index (χ0) is 17.1. The van der Waals surface area contributed by atoms with E-state index < -0.39 is 0 Å². The Kier molecular flexibility index (Phi) is 4.89. The number of hydrogen-bond donors (Lipinski definition) is 2. The lowest BCUT2D eigenvalue weighted by Crippen LogP contribution is -2.40. The number of H-pyrrole nitrogens is 1. The number of aromatic amines is 1. The summed E-state index contributed by atoms with van der Waals surface area (Å²) in [5.74, 6) is 2.53. The van der Waals surface area contributed by atoms with E-state index in [1.54, 1.807) is 30.2 Å². The number of benzene rings is 1. The lowest BCUT2D eigenvalue weighted by Gasteiger charge is -2.31. The normalized spacial score (nSPS) is 15.4. The summed E-state index contributed by atoms with van der Waals surface area (Å²) in [6.45, 7) is 3.21. The van der Waals surface area contributed by atoms with Crippen molar-refractivity contribution in [1.82, 2.24) is 20.1 Å². The molecule has 2 amide bonds. The molecule has 0 unspecified atom stereocenters. The van der Waals surface area contributed by atoms with Crippen molar-refractivity contribution in [2.75, 3.05) is 25.5 Å². The minimum atomic E-state index is -0.153. The number of aryl methyl sites for hydroxylation is 1. The molecule has 1 aromatic heterocycles. The molecule has 3 rings (SSSR count). The van der Waals surface area contributed by atoms with Gasteiger partial charge in [-0.15, -0.1) is 0 Å². The predicted molar refractivity (Wildman–Crippen MR) is 91.7 cm³/mol. The van der Waals surface area contributed by atoms with E-state index in [-0.39, 0.29) is 6.03 Å². The zero-order valence-corrected chi connectivity index (χ0v) is 14.4. The third-order valence-electron chi connectivity index (χ3n) is 4.16. The third kappa shape index (κ3) is 3.62. The summed E-state index contributed by atoms with van der Waals surface area (Å²) in [5, 5.41) is 10.5. The van der Waals surface area contributed by atoms with Crippen molar-refractivity contribution in [3.05, 3.63) is 34.9 Å². The number of piperidine rings is 1. The van der Waals surface area contributed by atoms with Gasteiger partial charge < -0.3 is 15.0 Å². The van der Waals surface area contributed by atoms with Crippen LogP contribution in [0.1, 0.15) is 30.4 Å². The van der Waals surface area contributed by atoms with Crippen molar-refractivity contribution >= 4 is 23.3 Å². The number of ether oxygens (including phenoxy) is 1. The number of carbonyl (C=O) groups excluding carboxylic acids is 1. The average Bonchev–Trinajstić information content (AvgIpc) is 3.02. The highest BCUT2D eigenvalue weighted by Gasteiger charge is 2.26. The molecule has 0 atom stereocenters. The summed E-state index contributed by atoms with van der Waals surface area (Å²) in [6, 6.07) is 4.98. The van der Waals surface area contributed by atoms with Gasteiger partial charge in [0.2, 0.25) is 0 Å². The quantitative estimate of drug-likeness (QED) is 0.891. The highest BCUT2D eigenvalue weighted by molar-refractivity contribution is 6.31. The van der Waals surface area contributed by atoms with Crippen LogP contribution in [0, 0.1) is 6.92 Å². The molecule has 2 heterocycles. The van der Waals surface area contributed by atoms with Gasteiger partial charge in [-0.2, -0.15) is 5.10 Å². The van der Waals surface area contributed by atoms with Gasteiger partial charge in [0.15, 0.2) is 5.82 Å². The van der Waals surface area contributed by atoms with Crippen LogP contribution in [-0.2, 0) is 0 Å². The minimum absolute atomic E-state index is 0.153. The van der Waals surface area contributed by atoms with Crippen LogP contribution in [0.4, 0.5) is 10.5 Å². The topological polar surface area (TPSA) is 83.1 Å². The number of likely N-dealkylation sites (tertiary alicyclic amines) is 1. The molecular formula is C16H20ClN5O2. The van der Waals surface area contributed by atoms with Crippen molar-refractivity contribution in [1.29, 1.82) is 0 Å². The Balaban J connectivity index is 1.60. The number of urea groups is 1. The molecule has 1 aliphatic rings. The average molecular weight is 350 g/mol. The van der Waals surface area contributed by atoms with E-state index >= 15 is 0 Å². The van der Waals surface area contributed by atoms with Crippen molar-refractivity contribution < 1.29 is 9.53 Å². The summed E-state index contributed by atoms with van der Waals surface area (Å²) in [7, 11) is 1.56. The van der Waals surface area contributed by atoms with E-state index in [1.165, 1.54) is 0 Å². The first-order chi connectivity index (χ1) is 11.6. The van der Waals surface area contributed by atoms with E-state index in [4.69, 9.17) is 16.3 Å². The summed E-state index contributed by atoms with van der Waals surface area (Å²) >= 11 is 5.99. The first-order valence-electron chi connectivity index (χ1n) is 7.85. The van der Waals surface area contributed by atoms with Crippen LogP contribution in [-0.4, -0.2) is 46.3 Å². The van der Waals surface area contributed by atoms with Crippen molar-refractivity contribution in [3.8, 4) is 5.75 Å². The van der Waals surface area contributed by atoms with E-state index in [0.717, 1.165) is 24.5 Å². The fraction of sp³-hybridized carbons (Fsp3) is 0.438. The smallest absolute Gasteiger partial charge is 0.321 e. The zero-order valence-electron chi connectivity index (χ0n) is 13.7. The van der Waals surface area contributed by atoms with E-state index in [1.807, 2.05) is 6.92 Å². The third-order valence-corrected chi connectivity index (χ3v) is 4.40. The van der Waals surface area contributed by atoms with Crippen LogP contribution in [0.2, 0.25) is 5.02 Å². The van der Waals surface area contributed by atoms with E-state index in [2.05, 4.69) is 20.5 Å². The number of aromatic nitrogens is 3. The number of amides is 2. The SMILES string of the molecule is COc1ccc(Cl)cc1NC(=O)N1CCC(c2n[nH]c(C)n2)CC1. The van der Waals surface area contributed by atoms with Gasteiger partial charge in [-0.3, -0.25) is 5.10 Å². The first-order valence-corrected chi connectivity index (χ1v) is 8.23. The molecule has 0 radical (unpaired) electrons. The highest BCUT2D eigenvalue weighted by atomic mass is 35.5. The predicted octanol–water partition coefficient (Wildman–Crippen LogP) is 3.19. The van der Waals surface area contributed by atoms with Gasteiger partial charge in [0, 0.05) is 24.0 Å². The van der Waals surface area contributed by atoms with Crippen molar-refractivity contribution in [2.45, 2.75) is 25.7 Å². The van der Waals surface area contributed by atoms with Crippen molar-refractivity contribution in [2.24, 2.45) is 0 Å². The van der Waals surface area contributed by atoms with Crippen LogP contribution in [0.15, 0.2) is 18.2 Å². The number of carbonyl (C=O) groups is 1. The molecule has 24 heavy (non-hydrogen) atoms.